The van der Waals surface area contributed by atoms with Crippen LogP contribution in [0.4, 0.5) is 0 Å². The average molecular weight is 296 g/mol. The van der Waals surface area contributed by atoms with Crippen molar-refractivity contribution in [3.63, 3.8) is 0 Å². The molecule has 0 saturated carbocycles. The number of aryl methyl sites for hydroxylation is 2. The van der Waals surface area contributed by atoms with Crippen molar-refractivity contribution < 1.29 is 9.15 Å². The van der Waals surface area contributed by atoms with Crippen LogP contribution in [0.15, 0.2) is 9.41 Å². The van der Waals surface area contributed by atoms with Crippen molar-refractivity contribution in [2.45, 2.75) is 46.6 Å². The van der Waals surface area contributed by atoms with E-state index in [0.717, 1.165) is 56.4 Å². The van der Waals surface area contributed by atoms with E-state index < -0.39 is 0 Å². The molecule has 0 aromatic carbocycles. The summed E-state index contributed by atoms with van der Waals surface area (Å²) in [5.74, 6) is 2.32. The Hall–Kier alpha value is -1.56. The molecule has 1 aromatic rings. The molecule has 0 atom stereocenters. The first-order chi connectivity index (χ1) is 10.2. The van der Waals surface area contributed by atoms with Crippen LogP contribution in [0.1, 0.15) is 43.5 Å². The van der Waals surface area contributed by atoms with Gasteiger partial charge in [0.05, 0.1) is 5.69 Å². The van der Waals surface area contributed by atoms with E-state index in [1.54, 1.807) is 7.11 Å². The average Bonchev–Trinajstić information content (AvgIpc) is 2.79. The van der Waals surface area contributed by atoms with Crippen LogP contribution in [0.2, 0.25) is 0 Å². The van der Waals surface area contributed by atoms with E-state index in [-0.39, 0.29) is 0 Å². The van der Waals surface area contributed by atoms with Crippen molar-refractivity contribution in [1.29, 1.82) is 0 Å². The lowest BCUT2D eigenvalue weighted by Gasteiger charge is -2.10. The summed E-state index contributed by atoms with van der Waals surface area (Å²) in [5.41, 5.74) is 0.927. The summed E-state index contributed by atoms with van der Waals surface area (Å²) in [6.07, 6.45) is 3.35. The van der Waals surface area contributed by atoms with Crippen molar-refractivity contribution in [3.05, 3.63) is 17.3 Å². The largest absolute Gasteiger partial charge is 0.444 e. The number of hydrogen-bond acceptors (Lipinski definition) is 4. The van der Waals surface area contributed by atoms with E-state index >= 15 is 0 Å². The summed E-state index contributed by atoms with van der Waals surface area (Å²) in [5, 5.41) is 6.54. The number of nitrogens with zero attached hydrogens (tertiary/aromatic N) is 2. The first kappa shape index (κ1) is 17.5. The van der Waals surface area contributed by atoms with Crippen LogP contribution in [0, 0.1) is 13.8 Å². The molecule has 0 amide bonds. The maximum absolute atomic E-state index is 5.53. The second kappa shape index (κ2) is 10.2. The second-order valence-electron chi connectivity index (χ2n) is 4.92. The molecule has 1 rings (SSSR count). The number of aromatic nitrogens is 1. The Morgan fingerprint density at radius 2 is 2.05 bits per heavy atom. The molecule has 6 heteroatoms. The molecule has 21 heavy (non-hydrogen) atoms. The molecular formula is C15H28N4O2. The van der Waals surface area contributed by atoms with Gasteiger partial charge in [0.25, 0.3) is 0 Å². The van der Waals surface area contributed by atoms with Crippen LogP contribution in [-0.2, 0) is 11.3 Å². The fourth-order valence-electron chi connectivity index (χ4n) is 1.85. The van der Waals surface area contributed by atoms with Crippen LogP contribution in [0.25, 0.3) is 0 Å². The smallest absolute Gasteiger partial charge is 0.216 e. The van der Waals surface area contributed by atoms with Gasteiger partial charge >= 0.3 is 0 Å². The number of ether oxygens (including phenoxy) is 1. The van der Waals surface area contributed by atoms with E-state index in [4.69, 9.17) is 9.15 Å². The van der Waals surface area contributed by atoms with Crippen LogP contribution < -0.4 is 10.6 Å². The van der Waals surface area contributed by atoms with Crippen LogP contribution in [0.3, 0.4) is 0 Å². The first-order valence-electron chi connectivity index (χ1n) is 7.61. The lowest BCUT2D eigenvalue weighted by atomic mass is 10.2. The van der Waals surface area contributed by atoms with Crippen molar-refractivity contribution in [1.82, 2.24) is 15.6 Å². The highest BCUT2D eigenvalue weighted by Gasteiger charge is 2.05. The highest BCUT2D eigenvalue weighted by molar-refractivity contribution is 5.79. The number of methoxy groups -OCH3 is 1. The van der Waals surface area contributed by atoms with E-state index in [9.17, 15) is 0 Å². The third-order valence-electron chi connectivity index (χ3n) is 3.11. The van der Waals surface area contributed by atoms with Crippen molar-refractivity contribution in [2.24, 2.45) is 4.99 Å². The van der Waals surface area contributed by atoms with Crippen LogP contribution in [0.5, 0.6) is 0 Å². The van der Waals surface area contributed by atoms with Gasteiger partial charge in [0.2, 0.25) is 5.89 Å². The lowest BCUT2D eigenvalue weighted by molar-refractivity contribution is 0.192. The molecule has 0 aliphatic carbocycles. The van der Waals surface area contributed by atoms with Gasteiger partial charge in [-0.05, 0) is 40.0 Å². The number of hydrogen-bond donors (Lipinski definition) is 2. The van der Waals surface area contributed by atoms with Gasteiger partial charge in [-0.15, -0.1) is 0 Å². The zero-order valence-electron chi connectivity index (χ0n) is 13.7. The number of rotatable bonds is 9. The van der Waals surface area contributed by atoms with Crippen molar-refractivity contribution in [2.75, 3.05) is 26.8 Å². The maximum atomic E-state index is 5.53. The Labute approximate surface area is 127 Å². The zero-order valence-corrected chi connectivity index (χ0v) is 13.7. The van der Waals surface area contributed by atoms with Crippen molar-refractivity contribution in [3.8, 4) is 0 Å². The highest BCUT2D eigenvalue weighted by Crippen LogP contribution is 2.08. The van der Waals surface area contributed by atoms with Gasteiger partial charge in [-0.1, -0.05) is 0 Å². The predicted octanol–water partition coefficient (Wildman–Crippen LogP) is 2.16. The van der Waals surface area contributed by atoms with E-state index in [1.165, 1.54) is 0 Å². The minimum absolute atomic E-state index is 0.452. The number of unbranched alkanes of at least 4 members (excludes halogenated alkanes) is 2. The maximum Gasteiger partial charge on any atom is 0.216 e. The fourth-order valence-corrected chi connectivity index (χ4v) is 1.85. The lowest BCUT2D eigenvalue weighted by Crippen LogP contribution is -2.37. The third kappa shape index (κ3) is 7.13. The van der Waals surface area contributed by atoms with E-state index in [1.807, 2.05) is 13.8 Å². The molecule has 0 bridgehead atoms. The highest BCUT2D eigenvalue weighted by atomic mass is 16.5. The molecule has 0 aliphatic rings. The van der Waals surface area contributed by atoms with E-state index in [2.05, 4.69) is 27.5 Å². The molecular weight excluding hydrogens is 268 g/mol. The number of aliphatic imine (C=N–C) groups is 1. The van der Waals surface area contributed by atoms with Gasteiger partial charge in [-0.2, -0.15) is 0 Å². The first-order valence-corrected chi connectivity index (χ1v) is 7.61. The van der Waals surface area contributed by atoms with Gasteiger partial charge in [0.15, 0.2) is 5.96 Å². The Balaban J connectivity index is 2.35. The summed E-state index contributed by atoms with van der Waals surface area (Å²) < 4.78 is 10.6. The second-order valence-corrected chi connectivity index (χ2v) is 4.92. The van der Waals surface area contributed by atoms with Gasteiger partial charge in [0.1, 0.15) is 12.3 Å². The standard InChI is InChI=1S/C15H28N4O2/c1-5-16-15(17-9-7-6-8-10-20-4)18-11-14-19-12(2)13(3)21-14/h5-11H2,1-4H3,(H2,16,17,18). The molecule has 0 spiro atoms. The van der Waals surface area contributed by atoms with Gasteiger partial charge in [0, 0.05) is 26.8 Å². The minimum Gasteiger partial charge on any atom is -0.444 e. The summed E-state index contributed by atoms with van der Waals surface area (Å²) in [6.45, 7) is 8.92. The molecule has 1 aromatic heterocycles. The zero-order chi connectivity index (χ0) is 15.5. The molecule has 0 fully saturated rings. The quantitative estimate of drug-likeness (QED) is 0.415. The molecule has 2 N–H and O–H groups in total. The summed E-state index contributed by atoms with van der Waals surface area (Å²) in [6, 6.07) is 0. The van der Waals surface area contributed by atoms with Crippen molar-refractivity contribution >= 4 is 5.96 Å². The number of oxazole rings is 1. The monoisotopic (exact) mass is 296 g/mol. The number of nitrogens with one attached hydrogen (secondary N) is 2. The summed E-state index contributed by atoms with van der Waals surface area (Å²) >= 11 is 0. The third-order valence-corrected chi connectivity index (χ3v) is 3.11. The Kier molecular flexibility index (Phi) is 8.50. The number of guanidine groups is 1. The van der Waals surface area contributed by atoms with Gasteiger partial charge < -0.3 is 19.8 Å². The molecule has 0 unspecified atom stereocenters. The summed E-state index contributed by atoms with van der Waals surface area (Å²) in [7, 11) is 1.74. The minimum atomic E-state index is 0.452. The van der Waals surface area contributed by atoms with Crippen LogP contribution in [-0.4, -0.2) is 37.7 Å². The predicted molar refractivity (Wildman–Crippen MR) is 84.5 cm³/mol. The molecule has 0 saturated heterocycles. The SMILES string of the molecule is CCNC(=NCc1nc(C)c(C)o1)NCCCCCOC. The molecule has 6 nitrogen and oxygen atoms in total. The van der Waals surface area contributed by atoms with Gasteiger partial charge in [-0.3, -0.25) is 0 Å². The van der Waals surface area contributed by atoms with Gasteiger partial charge in [-0.25, -0.2) is 9.98 Å². The molecule has 1 heterocycles. The summed E-state index contributed by atoms with van der Waals surface area (Å²) in [4.78, 5) is 8.81. The molecule has 0 radical (unpaired) electrons. The fraction of sp³-hybridized carbons (Fsp3) is 0.733. The molecule has 120 valence electrons. The van der Waals surface area contributed by atoms with E-state index in [0.29, 0.717) is 12.4 Å². The van der Waals surface area contributed by atoms with Crippen LogP contribution >= 0.6 is 0 Å². The Bertz CT molecular complexity index is 410. The molecule has 0 aliphatic heterocycles. The topological polar surface area (TPSA) is 71.7 Å². The normalized spacial score (nSPS) is 11.7. The Morgan fingerprint density at radius 3 is 2.67 bits per heavy atom. The Morgan fingerprint density at radius 1 is 1.24 bits per heavy atom.